The fourth-order valence-corrected chi connectivity index (χ4v) is 3.81. The van der Waals surface area contributed by atoms with Crippen LogP contribution in [0.25, 0.3) is 0 Å². The molecule has 0 saturated heterocycles. The van der Waals surface area contributed by atoms with E-state index in [0.29, 0.717) is 12.1 Å². The van der Waals surface area contributed by atoms with Crippen LogP contribution in [0, 0.1) is 0 Å². The van der Waals surface area contributed by atoms with Crippen molar-refractivity contribution in [1.29, 1.82) is 0 Å². The predicted octanol–water partition coefficient (Wildman–Crippen LogP) is 0.992. The smallest absolute Gasteiger partial charge is 0.250 e. The van der Waals surface area contributed by atoms with E-state index in [1.807, 2.05) is 0 Å². The minimum Gasteiger partial charge on any atom is -0.350 e. The van der Waals surface area contributed by atoms with Crippen molar-refractivity contribution >= 4 is 15.9 Å². The van der Waals surface area contributed by atoms with Crippen molar-refractivity contribution in [3.63, 3.8) is 0 Å². The van der Waals surface area contributed by atoms with Gasteiger partial charge in [-0.3, -0.25) is 9.59 Å². The maximum absolute atomic E-state index is 11.9. The third-order valence-corrected chi connectivity index (χ3v) is 5.04. The van der Waals surface area contributed by atoms with Gasteiger partial charge in [0.15, 0.2) is 0 Å². The van der Waals surface area contributed by atoms with Gasteiger partial charge in [-0.15, -0.1) is 0 Å². The molecule has 2 N–H and O–H groups in total. The van der Waals surface area contributed by atoms with Crippen LogP contribution in [0.3, 0.4) is 0 Å². The maximum atomic E-state index is 11.9. The van der Waals surface area contributed by atoms with E-state index >= 15 is 0 Å². The van der Waals surface area contributed by atoms with Crippen molar-refractivity contribution in [2.75, 3.05) is 0 Å². The number of hydrogen-bond acceptors (Lipinski definition) is 4. The molecule has 1 heterocycles. The predicted molar refractivity (Wildman–Crippen MR) is 99.9 cm³/mol. The number of rotatable bonds is 8. The Labute approximate surface area is 153 Å². The molecule has 8 heteroatoms. The second kappa shape index (κ2) is 8.77. The Morgan fingerprint density at radius 1 is 1.08 bits per heavy atom. The molecule has 1 aromatic heterocycles. The van der Waals surface area contributed by atoms with Gasteiger partial charge in [-0.1, -0.05) is 30.3 Å². The van der Waals surface area contributed by atoms with Gasteiger partial charge in [0.1, 0.15) is 6.54 Å². The molecule has 0 aliphatic carbocycles. The molecule has 0 radical (unpaired) electrons. The molecule has 140 valence electrons. The average molecular weight is 377 g/mol. The van der Waals surface area contributed by atoms with Gasteiger partial charge in [0.05, 0.1) is 5.75 Å². The number of sulfonamides is 1. The molecule has 0 fully saturated rings. The van der Waals surface area contributed by atoms with E-state index in [2.05, 4.69) is 10.0 Å². The van der Waals surface area contributed by atoms with E-state index in [-0.39, 0.29) is 29.8 Å². The number of amides is 1. The van der Waals surface area contributed by atoms with Gasteiger partial charge in [-0.05, 0) is 31.0 Å². The first-order valence-corrected chi connectivity index (χ1v) is 9.90. The molecule has 0 atom stereocenters. The summed E-state index contributed by atoms with van der Waals surface area (Å²) in [5.74, 6) is -0.361. The van der Waals surface area contributed by atoms with Crippen LogP contribution in [-0.4, -0.2) is 24.9 Å². The number of aromatic nitrogens is 1. The molecular weight excluding hydrogens is 354 g/mol. The summed E-state index contributed by atoms with van der Waals surface area (Å²) in [4.78, 5) is 23.5. The van der Waals surface area contributed by atoms with E-state index in [0.717, 1.165) is 5.56 Å². The van der Waals surface area contributed by atoms with Crippen molar-refractivity contribution in [3.8, 4) is 0 Å². The fourth-order valence-electron chi connectivity index (χ4n) is 2.38. The minimum atomic E-state index is -3.36. The van der Waals surface area contributed by atoms with Gasteiger partial charge < -0.3 is 9.88 Å². The zero-order valence-electron chi connectivity index (χ0n) is 14.8. The molecule has 0 unspecified atom stereocenters. The molecule has 2 rings (SSSR count). The van der Waals surface area contributed by atoms with Gasteiger partial charge in [0, 0.05) is 24.8 Å². The zero-order valence-corrected chi connectivity index (χ0v) is 15.6. The van der Waals surface area contributed by atoms with Gasteiger partial charge in [0.25, 0.3) is 5.56 Å². The summed E-state index contributed by atoms with van der Waals surface area (Å²) in [6.45, 7) is 3.80. The quantitative estimate of drug-likeness (QED) is 0.717. The Kier molecular flexibility index (Phi) is 6.70. The number of hydrogen-bond donors (Lipinski definition) is 2. The van der Waals surface area contributed by atoms with Crippen LogP contribution in [0.2, 0.25) is 0 Å². The minimum absolute atomic E-state index is 0.0448. The highest BCUT2D eigenvalue weighted by Gasteiger charge is 2.12. The fraction of sp³-hybridized carbons (Fsp3) is 0.333. The molecule has 26 heavy (non-hydrogen) atoms. The first-order valence-electron chi connectivity index (χ1n) is 8.25. The lowest BCUT2D eigenvalue weighted by Crippen LogP contribution is -2.31. The highest BCUT2D eigenvalue weighted by atomic mass is 32.2. The summed E-state index contributed by atoms with van der Waals surface area (Å²) in [6, 6.07) is 11.6. The van der Waals surface area contributed by atoms with Crippen LogP contribution in [-0.2, 0) is 33.7 Å². The molecule has 2 aromatic rings. The van der Waals surface area contributed by atoms with Crippen LogP contribution in [0.1, 0.15) is 25.0 Å². The lowest BCUT2D eigenvalue weighted by Gasteiger charge is -2.10. The molecule has 1 aromatic carbocycles. The lowest BCUT2D eigenvalue weighted by molar-refractivity contribution is -0.121. The Balaban J connectivity index is 1.88. The van der Waals surface area contributed by atoms with Gasteiger partial charge in [-0.2, -0.15) is 0 Å². The summed E-state index contributed by atoms with van der Waals surface area (Å²) >= 11 is 0. The highest BCUT2D eigenvalue weighted by Crippen LogP contribution is 2.08. The summed E-state index contributed by atoms with van der Waals surface area (Å²) in [5.41, 5.74) is 1.28. The summed E-state index contributed by atoms with van der Waals surface area (Å²) in [7, 11) is -3.36. The number of carbonyl (C=O) groups is 1. The van der Waals surface area contributed by atoms with Crippen LogP contribution in [0.5, 0.6) is 0 Å². The first kappa shape index (κ1) is 19.9. The molecule has 0 saturated carbocycles. The van der Waals surface area contributed by atoms with Gasteiger partial charge in [-0.25, -0.2) is 13.1 Å². The molecule has 1 amide bonds. The topological polar surface area (TPSA) is 97.3 Å². The van der Waals surface area contributed by atoms with Crippen molar-refractivity contribution in [3.05, 3.63) is 70.1 Å². The average Bonchev–Trinajstić information content (AvgIpc) is 2.55. The zero-order chi connectivity index (χ0) is 19.2. The Bertz CT molecular complexity index is 903. The van der Waals surface area contributed by atoms with Crippen LogP contribution < -0.4 is 15.6 Å². The largest absolute Gasteiger partial charge is 0.350 e. The van der Waals surface area contributed by atoms with E-state index < -0.39 is 10.0 Å². The number of carbonyl (C=O) groups excluding carboxylic acids is 1. The number of nitrogens with one attached hydrogen (secondary N) is 2. The summed E-state index contributed by atoms with van der Waals surface area (Å²) in [5, 5.41) is 2.74. The SMILES string of the molecule is CC(C)NS(=O)(=O)Cc1ccc(CNC(=O)Cn2ccccc2=O)cc1. The van der Waals surface area contributed by atoms with E-state index in [9.17, 15) is 18.0 Å². The Morgan fingerprint density at radius 2 is 1.73 bits per heavy atom. The molecular formula is C18H23N3O4S. The molecule has 0 aliphatic rings. The summed E-state index contributed by atoms with van der Waals surface area (Å²) in [6.07, 6.45) is 1.56. The van der Waals surface area contributed by atoms with Crippen molar-refractivity contribution in [2.45, 2.75) is 38.7 Å². The maximum Gasteiger partial charge on any atom is 0.250 e. The van der Waals surface area contributed by atoms with Crippen LogP contribution in [0.15, 0.2) is 53.5 Å². The molecule has 0 bridgehead atoms. The normalized spacial score (nSPS) is 11.5. The molecule has 0 aliphatic heterocycles. The molecule has 7 nitrogen and oxygen atoms in total. The number of pyridine rings is 1. The monoisotopic (exact) mass is 377 g/mol. The summed E-state index contributed by atoms with van der Waals surface area (Å²) < 4.78 is 27.7. The van der Waals surface area contributed by atoms with Crippen molar-refractivity contribution < 1.29 is 13.2 Å². The Morgan fingerprint density at radius 3 is 2.35 bits per heavy atom. The van der Waals surface area contributed by atoms with Gasteiger partial charge >= 0.3 is 0 Å². The first-order chi connectivity index (χ1) is 12.2. The van der Waals surface area contributed by atoms with Crippen molar-refractivity contribution in [2.24, 2.45) is 0 Å². The van der Waals surface area contributed by atoms with Crippen LogP contribution in [0.4, 0.5) is 0 Å². The van der Waals surface area contributed by atoms with E-state index in [1.165, 1.54) is 10.6 Å². The third-order valence-electron chi connectivity index (χ3n) is 3.50. The van der Waals surface area contributed by atoms with Crippen molar-refractivity contribution in [1.82, 2.24) is 14.6 Å². The van der Waals surface area contributed by atoms with E-state index in [4.69, 9.17) is 0 Å². The highest BCUT2D eigenvalue weighted by molar-refractivity contribution is 7.88. The standard InChI is InChI=1S/C18H23N3O4S/c1-14(2)20-26(24,25)13-16-8-6-15(7-9-16)11-19-17(22)12-21-10-4-3-5-18(21)23/h3-10,14,20H,11-13H2,1-2H3,(H,19,22). The number of benzene rings is 1. The van der Waals surface area contributed by atoms with E-state index in [1.54, 1.807) is 56.4 Å². The lowest BCUT2D eigenvalue weighted by atomic mass is 10.1. The third kappa shape index (κ3) is 6.45. The number of nitrogens with zero attached hydrogens (tertiary/aromatic N) is 1. The second-order valence-corrected chi connectivity index (χ2v) is 8.05. The Hall–Kier alpha value is -2.45. The second-order valence-electron chi connectivity index (χ2n) is 6.29. The molecule has 0 spiro atoms. The van der Waals surface area contributed by atoms with Crippen LogP contribution >= 0.6 is 0 Å². The van der Waals surface area contributed by atoms with Gasteiger partial charge in [0.2, 0.25) is 15.9 Å².